The molecule has 3 aromatic heterocycles. The van der Waals surface area contributed by atoms with Crippen molar-refractivity contribution in [1.82, 2.24) is 9.13 Å². The third-order valence-electron chi connectivity index (χ3n) is 18.3. The number of rotatable bonds is 11. The van der Waals surface area contributed by atoms with Crippen molar-refractivity contribution in [2.24, 2.45) is 0 Å². The van der Waals surface area contributed by atoms with Gasteiger partial charge in [-0.2, -0.15) is 0 Å². The molecule has 17 aromatic rings. The van der Waals surface area contributed by atoms with Gasteiger partial charge < -0.3 is 13.6 Å². The highest BCUT2D eigenvalue weighted by Gasteiger charge is 2.43. The average Bonchev–Trinajstić information content (AvgIpc) is 1.24. The largest absolute Gasteiger partial charge is 0.456 e. The topological polar surface area (TPSA) is 23.0 Å². The van der Waals surface area contributed by atoms with E-state index in [4.69, 9.17) is 4.42 Å². The van der Waals surface area contributed by atoms with Crippen molar-refractivity contribution in [3.8, 4) is 67.0 Å². The number of aromatic nitrogens is 2. The molecule has 0 unspecified atom stereocenters. The molecule has 0 atom stereocenters. The van der Waals surface area contributed by atoms with Crippen molar-refractivity contribution in [1.29, 1.82) is 0 Å². The van der Waals surface area contributed by atoms with Crippen LogP contribution in [0.2, 0.25) is 0 Å². The lowest BCUT2D eigenvalue weighted by molar-refractivity contribution is 0.669. The minimum Gasteiger partial charge on any atom is -0.456 e. The van der Waals surface area contributed by atoms with Crippen LogP contribution in [0.5, 0.6) is 0 Å². The van der Waals surface area contributed by atoms with Gasteiger partial charge in [-0.15, -0.1) is 0 Å². The van der Waals surface area contributed by atoms with Crippen molar-refractivity contribution in [3.05, 3.63) is 340 Å². The number of fused-ring (bicyclic) bond motifs is 9. The molecule has 88 heavy (non-hydrogen) atoms. The summed E-state index contributed by atoms with van der Waals surface area (Å²) in [6, 6.07) is 126. The minimum atomic E-state index is -3.14. The Morgan fingerprint density at radius 3 is 1.31 bits per heavy atom. The predicted molar refractivity (Wildman–Crippen MR) is 373 cm³/mol. The molecule has 3 nitrogen and oxygen atoms in total. The molecule has 0 saturated carbocycles. The van der Waals surface area contributed by atoms with Crippen LogP contribution in [-0.4, -0.2) is 17.2 Å². The van der Waals surface area contributed by atoms with Gasteiger partial charge in [0.05, 0.1) is 27.8 Å². The second-order valence-electron chi connectivity index (χ2n) is 23.0. The monoisotopic (exact) mass is 1140 g/mol. The van der Waals surface area contributed by atoms with Crippen LogP contribution in [0.4, 0.5) is 0 Å². The highest BCUT2D eigenvalue weighted by Crippen LogP contribution is 2.47. The summed E-state index contributed by atoms with van der Waals surface area (Å²) >= 11 is 0. The summed E-state index contributed by atoms with van der Waals surface area (Å²) < 4.78 is 11.6. The standard InChI is InChI=1S/C84H56N2OSi/c1-6-26-57(27-7-1)58-48-51-64(52-49-58)88(62-32-12-4-13-33-62,63-34-14-5-15-35-63)65-55-74(59-28-8-2-9-29-59)84(75(56-65)60-30-10-3-11-31-60)86-78-45-22-19-39-69(78)76-54-61(50-53-79(76)86)85-77-44-21-18-38-68(77)72-43-24-42-71(83(72)85)67-37-17-16-36-66(67)70-41-25-47-81-82(70)73-40-20-23-46-80(73)87-81/h1-56H. The minimum absolute atomic E-state index is 0.885. The van der Waals surface area contributed by atoms with E-state index in [1.165, 1.54) is 53.4 Å². The fraction of sp³-hybridized carbons (Fsp3) is 0. The van der Waals surface area contributed by atoms with Crippen LogP contribution in [0.1, 0.15) is 0 Å². The first-order valence-electron chi connectivity index (χ1n) is 30.3. The van der Waals surface area contributed by atoms with Gasteiger partial charge in [-0.1, -0.05) is 297 Å². The Morgan fingerprint density at radius 2 is 0.670 bits per heavy atom. The van der Waals surface area contributed by atoms with Gasteiger partial charge in [0.1, 0.15) is 11.2 Å². The van der Waals surface area contributed by atoms with Crippen LogP contribution in [0.15, 0.2) is 344 Å². The summed E-state index contributed by atoms with van der Waals surface area (Å²) in [4.78, 5) is 0. The molecule has 0 aliphatic carbocycles. The number of para-hydroxylation sites is 4. The number of nitrogens with zero attached hydrogens (tertiary/aromatic N) is 2. The quantitative estimate of drug-likeness (QED) is 0.0935. The maximum Gasteiger partial charge on any atom is 0.179 e. The Balaban J connectivity index is 0.930. The van der Waals surface area contributed by atoms with Gasteiger partial charge in [0, 0.05) is 54.7 Å². The third-order valence-corrected chi connectivity index (χ3v) is 23.0. The normalized spacial score (nSPS) is 11.9. The van der Waals surface area contributed by atoms with Gasteiger partial charge >= 0.3 is 0 Å². The highest BCUT2D eigenvalue weighted by atomic mass is 28.3. The molecule has 0 amide bonds. The summed E-state index contributed by atoms with van der Waals surface area (Å²) in [6.07, 6.45) is 0. The van der Waals surface area contributed by atoms with Gasteiger partial charge in [-0.25, -0.2) is 0 Å². The fourth-order valence-electron chi connectivity index (χ4n) is 14.5. The van der Waals surface area contributed by atoms with E-state index >= 15 is 0 Å². The van der Waals surface area contributed by atoms with Crippen LogP contribution in [0.3, 0.4) is 0 Å². The number of hydrogen-bond donors (Lipinski definition) is 0. The van der Waals surface area contributed by atoms with E-state index in [0.717, 1.165) is 99.9 Å². The summed E-state index contributed by atoms with van der Waals surface area (Å²) in [5.41, 5.74) is 20.3. The lowest BCUT2D eigenvalue weighted by Gasteiger charge is -2.36. The van der Waals surface area contributed by atoms with E-state index in [1.54, 1.807) is 0 Å². The lowest BCUT2D eigenvalue weighted by Crippen LogP contribution is -2.74. The van der Waals surface area contributed by atoms with Crippen molar-refractivity contribution in [3.63, 3.8) is 0 Å². The first-order valence-corrected chi connectivity index (χ1v) is 32.3. The number of furan rings is 1. The molecule has 0 aliphatic rings. The number of benzene rings is 14. The van der Waals surface area contributed by atoms with Crippen LogP contribution in [-0.2, 0) is 0 Å². The Bertz CT molecular complexity index is 5370. The molecule has 3 heterocycles. The van der Waals surface area contributed by atoms with Crippen LogP contribution in [0.25, 0.3) is 133 Å². The zero-order valence-corrected chi connectivity index (χ0v) is 49.1. The highest BCUT2D eigenvalue weighted by molar-refractivity contribution is 7.20. The van der Waals surface area contributed by atoms with Crippen molar-refractivity contribution >= 4 is 94.4 Å². The molecular weight excluding hydrogens is 1080 g/mol. The molecule has 0 fully saturated rings. The molecule has 0 radical (unpaired) electrons. The van der Waals surface area contributed by atoms with Crippen LogP contribution < -0.4 is 20.7 Å². The Hall–Kier alpha value is -11.3. The van der Waals surface area contributed by atoms with Crippen molar-refractivity contribution in [2.75, 3.05) is 0 Å². The lowest BCUT2D eigenvalue weighted by atomic mass is 9.91. The molecule has 0 N–H and O–H groups in total. The van der Waals surface area contributed by atoms with Gasteiger partial charge in [0.15, 0.2) is 8.07 Å². The van der Waals surface area contributed by atoms with E-state index in [2.05, 4.69) is 343 Å². The second-order valence-corrected chi connectivity index (χ2v) is 26.8. The number of hydrogen-bond acceptors (Lipinski definition) is 1. The second kappa shape index (κ2) is 21.0. The average molecular weight is 1140 g/mol. The summed E-state index contributed by atoms with van der Waals surface area (Å²) in [5.74, 6) is 0. The Morgan fingerprint density at radius 1 is 0.239 bits per heavy atom. The summed E-state index contributed by atoms with van der Waals surface area (Å²) in [5, 5.41) is 12.3. The van der Waals surface area contributed by atoms with Crippen LogP contribution in [0, 0.1) is 0 Å². The van der Waals surface area contributed by atoms with Gasteiger partial charge in [-0.3, -0.25) is 0 Å². The van der Waals surface area contributed by atoms with E-state index in [1.807, 2.05) is 6.07 Å². The zero-order valence-electron chi connectivity index (χ0n) is 48.1. The fourth-order valence-corrected chi connectivity index (χ4v) is 19.3. The third kappa shape index (κ3) is 8.11. The molecule has 0 saturated heterocycles. The molecule has 4 heteroatoms. The predicted octanol–water partition coefficient (Wildman–Crippen LogP) is 19.5. The van der Waals surface area contributed by atoms with E-state index < -0.39 is 8.07 Å². The van der Waals surface area contributed by atoms with Crippen molar-refractivity contribution in [2.45, 2.75) is 0 Å². The maximum atomic E-state index is 6.48. The van der Waals surface area contributed by atoms with E-state index in [9.17, 15) is 0 Å². The molecular formula is C84H56N2OSi. The van der Waals surface area contributed by atoms with Gasteiger partial charge in [0.2, 0.25) is 0 Å². The Labute approximate surface area is 511 Å². The molecule has 0 bridgehead atoms. The molecule has 17 rings (SSSR count). The first kappa shape index (κ1) is 51.1. The van der Waals surface area contributed by atoms with E-state index in [0.29, 0.717) is 0 Å². The smallest absolute Gasteiger partial charge is 0.179 e. The summed E-state index contributed by atoms with van der Waals surface area (Å²) in [7, 11) is -3.14. The maximum absolute atomic E-state index is 6.48. The van der Waals surface area contributed by atoms with Crippen LogP contribution >= 0.6 is 0 Å². The Kier molecular flexibility index (Phi) is 12.2. The zero-order chi connectivity index (χ0) is 58.1. The van der Waals surface area contributed by atoms with E-state index in [-0.39, 0.29) is 0 Å². The molecule has 0 aliphatic heterocycles. The first-order chi connectivity index (χ1) is 43.7. The molecule has 412 valence electrons. The SMILES string of the molecule is c1ccc(-c2ccc([Si](c3ccccc3)(c3ccccc3)c3cc(-c4ccccc4)c(-n4c5ccccc5c5cc(-n6c7ccccc7c7cccc(-c8ccccc8-c8cccc9oc%10ccccc%10c89)c76)ccc54)c(-c4ccccc4)c3)cc2)cc1. The van der Waals surface area contributed by atoms with Gasteiger partial charge in [0.25, 0.3) is 0 Å². The molecule has 14 aromatic carbocycles. The van der Waals surface area contributed by atoms with Gasteiger partial charge in [-0.05, 0) is 102 Å². The summed E-state index contributed by atoms with van der Waals surface area (Å²) in [6.45, 7) is 0. The molecule has 0 spiro atoms. The van der Waals surface area contributed by atoms with Crippen molar-refractivity contribution < 1.29 is 4.42 Å².